The van der Waals surface area contributed by atoms with Crippen molar-refractivity contribution in [2.75, 3.05) is 26.2 Å². The molecular weight excluding hydrogens is 454 g/mol. The fourth-order valence-electron chi connectivity index (χ4n) is 4.28. The van der Waals surface area contributed by atoms with Gasteiger partial charge in [-0.25, -0.2) is 8.42 Å². The maximum absolute atomic E-state index is 13.4. The molecule has 1 fully saturated rings. The summed E-state index contributed by atoms with van der Waals surface area (Å²) >= 11 is 0. The van der Waals surface area contributed by atoms with Crippen LogP contribution < -0.4 is 5.43 Å². The first-order valence-electron chi connectivity index (χ1n) is 10.9. The summed E-state index contributed by atoms with van der Waals surface area (Å²) in [5.74, 6) is -0.180. The number of rotatable bonds is 4. The largest absolute Gasteiger partial charge is 0.338 e. The van der Waals surface area contributed by atoms with Crippen LogP contribution in [0.1, 0.15) is 5.56 Å². The minimum absolute atomic E-state index is 0.0276. The number of fused-ring (bicyclic) bond motifs is 2. The molecule has 0 saturated carbocycles. The highest BCUT2D eigenvalue weighted by atomic mass is 32.2. The molecule has 1 aliphatic heterocycles. The van der Waals surface area contributed by atoms with Gasteiger partial charge in [0.1, 0.15) is 11.4 Å². The van der Waals surface area contributed by atoms with Crippen molar-refractivity contribution in [3.05, 3.63) is 76.7 Å². The van der Waals surface area contributed by atoms with Crippen molar-refractivity contribution in [1.29, 1.82) is 0 Å². The van der Waals surface area contributed by atoms with Crippen molar-refractivity contribution in [2.24, 2.45) is 0 Å². The topological polar surface area (TPSA) is 105 Å². The summed E-state index contributed by atoms with van der Waals surface area (Å²) in [6.07, 6.45) is 2.87. The van der Waals surface area contributed by atoms with Crippen LogP contribution in [0.15, 0.2) is 70.6 Å². The van der Waals surface area contributed by atoms with E-state index in [0.717, 1.165) is 10.9 Å². The molecule has 0 aliphatic carbocycles. The predicted molar refractivity (Wildman–Crippen MR) is 128 cm³/mol. The molecule has 0 N–H and O–H groups in total. The van der Waals surface area contributed by atoms with E-state index >= 15 is 0 Å². The normalized spacial score (nSPS) is 15.1. The minimum atomic E-state index is -3.76. The van der Waals surface area contributed by atoms with Crippen LogP contribution in [0.25, 0.3) is 21.8 Å². The molecule has 10 heteroatoms. The molecule has 1 saturated heterocycles. The Kier molecular flexibility index (Phi) is 5.62. The summed E-state index contributed by atoms with van der Waals surface area (Å²) in [4.78, 5) is 31.1. The van der Waals surface area contributed by atoms with Gasteiger partial charge in [-0.05, 0) is 36.8 Å². The summed E-state index contributed by atoms with van der Waals surface area (Å²) < 4.78 is 29.7. The zero-order valence-corrected chi connectivity index (χ0v) is 19.4. The molecule has 5 rings (SSSR count). The molecule has 4 aromatic rings. The average Bonchev–Trinajstić information content (AvgIpc) is 2.85. The molecule has 9 nitrogen and oxygen atoms in total. The minimum Gasteiger partial charge on any atom is -0.338 e. The zero-order chi connectivity index (χ0) is 23.9. The van der Waals surface area contributed by atoms with Gasteiger partial charge >= 0.3 is 0 Å². The summed E-state index contributed by atoms with van der Waals surface area (Å²) in [5.41, 5.74) is 1.79. The average molecular weight is 478 g/mol. The van der Waals surface area contributed by atoms with Gasteiger partial charge in [-0.2, -0.15) is 9.40 Å². The molecule has 0 bridgehead atoms. The third-order valence-electron chi connectivity index (χ3n) is 6.07. The smallest absolute Gasteiger partial charge is 0.245 e. The molecule has 0 spiro atoms. The van der Waals surface area contributed by atoms with E-state index < -0.39 is 10.0 Å². The van der Waals surface area contributed by atoms with Gasteiger partial charge in [0.2, 0.25) is 21.4 Å². The third kappa shape index (κ3) is 3.95. The lowest BCUT2D eigenvalue weighted by atomic mass is 10.2. The Hall–Kier alpha value is -3.63. The molecular formula is C24H23N5O4S. The van der Waals surface area contributed by atoms with Gasteiger partial charge in [-0.15, -0.1) is 0 Å². The van der Waals surface area contributed by atoms with Crippen LogP contribution in [0.4, 0.5) is 0 Å². The Labute approximate surface area is 196 Å². The number of hydrogen-bond acceptors (Lipinski definition) is 6. The van der Waals surface area contributed by atoms with Gasteiger partial charge in [0, 0.05) is 43.1 Å². The van der Waals surface area contributed by atoms with Crippen LogP contribution in [-0.4, -0.2) is 64.5 Å². The Morgan fingerprint density at radius 1 is 1.00 bits per heavy atom. The highest BCUT2D eigenvalue weighted by Crippen LogP contribution is 2.25. The number of sulfonamides is 1. The molecule has 0 unspecified atom stereocenters. The van der Waals surface area contributed by atoms with Crippen molar-refractivity contribution in [3.8, 4) is 0 Å². The number of carbonyl (C=O) groups is 1. The van der Waals surface area contributed by atoms with E-state index in [4.69, 9.17) is 0 Å². The van der Waals surface area contributed by atoms with Gasteiger partial charge in [0.05, 0.1) is 17.2 Å². The van der Waals surface area contributed by atoms with E-state index in [1.54, 1.807) is 47.5 Å². The van der Waals surface area contributed by atoms with Gasteiger partial charge in [-0.3, -0.25) is 19.3 Å². The molecule has 3 heterocycles. The number of aryl methyl sites for hydroxylation is 1. The highest BCUT2D eigenvalue weighted by molar-refractivity contribution is 7.89. The van der Waals surface area contributed by atoms with E-state index in [1.807, 2.05) is 19.1 Å². The van der Waals surface area contributed by atoms with Crippen LogP contribution >= 0.6 is 0 Å². The van der Waals surface area contributed by atoms with Crippen LogP contribution in [-0.2, 0) is 21.4 Å². The molecule has 1 aliphatic rings. The molecule has 2 aromatic carbocycles. The van der Waals surface area contributed by atoms with Crippen LogP contribution in [0.5, 0.6) is 0 Å². The first-order chi connectivity index (χ1) is 16.3. The Morgan fingerprint density at radius 3 is 2.56 bits per heavy atom. The van der Waals surface area contributed by atoms with E-state index in [-0.39, 0.29) is 49.0 Å². The van der Waals surface area contributed by atoms with E-state index in [0.29, 0.717) is 16.4 Å². The first-order valence-corrected chi connectivity index (χ1v) is 12.4. The second-order valence-electron chi connectivity index (χ2n) is 8.31. The number of benzene rings is 2. The second-order valence-corrected chi connectivity index (χ2v) is 10.2. The van der Waals surface area contributed by atoms with Gasteiger partial charge in [0.25, 0.3) is 0 Å². The molecule has 1 amide bonds. The molecule has 34 heavy (non-hydrogen) atoms. The number of piperazine rings is 1. The number of aromatic nitrogens is 3. The van der Waals surface area contributed by atoms with Crippen molar-refractivity contribution >= 4 is 37.7 Å². The molecule has 2 aromatic heterocycles. The number of para-hydroxylation sites is 2. The van der Waals surface area contributed by atoms with Gasteiger partial charge in [-0.1, -0.05) is 24.3 Å². The quantitative estimate of drug-likeness (QED) is 0.444. The number of amides is 1. The Balaban J connectivity index is 1.32. The number of hydrogen-bond donors (Lipinski definition) is 0. The zero-order valence-electron chi connectivity index (χ0n) is 18.6. The van der Waals surface area contributed by atoms with E-state index in [1.165, 1.54) is 15.2 Å². The first kappa shape index (κ1) is 22.2. The highest BCUT2D eigenvalue weighted by Gasteiger charge is 2.31. The van der Waals surface area contributed by atoms with Crippen molar-refractivity contribution in [2.45, 2.75) is 18.4 Å². The van der Waals surface area contributed by atoms with E-state index in [9.17, 15) is 18.0 Å². The van der Waals surface area contributed by atoms with E-state index in [2.05, 4.69) is 10.1 Å². The fraction of sp³-hybridized carbons (Fsp3) is 0.250. The van der Waals surface area contributed by atoms with Gasteiger partial charge in [0.15, 0.2) is 0 Å². The summed E-state index contributed by atoms with van der Waals surface area (Å²) in [6, 6.07) is 14.1. The SMILES string of the molecule is Cc1cnc2c(S(=O)(=O)N3CCN(C(=O)Cn4ncc(=O)c5ccccc54)CC3)cccc2c1. The maximum atomic E-state index is 13.4. The van der Waals surface area contributed by atoms with Crippen LogP contribution in [0.2, 0.25) is 0 Å². The monoisotopic (exact) mass is 477 g/mol. The lowest BCUT2D eigenvalue weighted by molar-refractivity contribution is -0.133. The predicted octanol–water partition coefficient (Wildman–Crippen LogP) is 1.79. The summed E-state index contributed by atoms with van der Waals surface area (Å²) in [6.45, 7) is 2.81. The second kappa shape index (κ2) is 8.62. The van der Waals surface area contributed by atoms with Gasteiger partial charge < -0.3 is 4.90 Å². The third-order valence-corrected chi connectivity index (χ3v) is 8.00. The lowest BCUT2D eigenvalue weighted by Gasteiger charge is -2.34. The van der Waals surface area contributed by atoms with Crippen molar-refractivity contribution in [1.82, 2.24) is 24.0 Å². The molecule has 0 atom stereocenters. The lowest BCUT2D eigenvalue weighted by Crippen LogP contribution is -2.51. The standard InChI is InChI=1S/C24H23N5O4S/c1-17-13-18-5-4-8-22(24(18)25-14-17)34(32,33)28-11-9-27(10-12-28)23(31)16-29-20-7-3-2-6-19(20)21(30)15-26-29/h2-8,13-15H,9-12,16H2,1H3. The van der Waals surface area contributed by atoms with Crippen molar-refractivity contribution < 1.29 is 13.2 Å². The number of pyridine rings is 1. The fourth-order valence-corrected chi connectivity index (χ4v) is 5.87. The summed E-state index contributed by atoms with van der Waals surface area (Å²) in [7, 11) is -3.76. The number of nitrogens with zero attached hydrogens (tertiary/aromatic N) is 5. The molecule has 0 radical (unpaired) electrons. The molecule has 174 valence electrons. The van der Waals surface area contributed by atoms with Crippen molar-refractivity contribution in [3.63, 3.8) is 0 Å². The Bertz CT molecular complexity index is 1570. The number of carbonyl (C=O) groups excluding carboxylic acids is 1. The van der Waals surface area contributed by atoms with Crippen LogP contribution in [0, 0.1) is 6.92 Å². The summed E-state index contributed by atoms with van der Waals surface area (Å²) in [5, 5.41) is 5.39. The Morgan fingerprint density at radius 2 is 1.76 bits per heavy atom. The maximum Gasteiger partial charge on any atom is 0.245 e. The van der Waals surface area contributed by atoms with Crippen LogP contribution in [0.3, 0.4) is 0 Å².